The van der Waals surface area contributed by atoms with Crippen molar-refractivity contribution in [3.05, 3.63) is 60.2 Å². The van der Waals surface area contributed by atoms with E-state index in [0.717, 1.165) is 30.8 Å². The number of nitrogens with one attached hydrogen (secondary N) is 1. The molecule has 1 N–H and O–H groups in total. The van der Waals surface area contributed by atoms with Gasteiger partial charge < -0.3 is 10.2 Å². The molecular formula is C21H25ClN2O2. The summed E-state index contributed by atoms with van der Waals surface area (Å²) in [7, 11) is 0. The molecule has 26 heavy (non-hydrogen) atoms. The molecule has 0 saturated carbocycles. The Morgan fingerprint density at radius 3 is 2.31 bits per heavy atom. The van der Waals surface area contributed by atoms with Crippen molar-refractivity contribution >= 4 is 24.1 Å². The molecule has 1 fully saturated rings. The SMILES string of the molecule is CC1CN(C(=O)CCC(=O)c2ccc(-c3ccccc3)cc2)CCN1.Cl. The van der Waals surface area contributed by atoms with Crippen LogP contribution in [-0.4, -0.2) is 42.3 Å². The average molecular weight is 373 g/mol. The number of carbonyl (C=O) groups is 2. The zero-order valence-corrected chi connectivity index (χ0v) is 15.8. The predicted molar refractivity (Wildman–Crippen MR) is 107 cm³/mol. The molecule has 1 saturated heterocycles. The first-order valence-corrected chi connectivity index (χ1v) is 8.83. The Bertz CT molecular complexity index is 731. The van der Waals surface area contributed by atoms with Gasteiger partial charge in [0.1, 0.15) is 0 Å². The van der Waals surface area contributed by atoms with Gasteiger partial charge in [0.05, 0.1) is 0 Å². The zero-order valence-electron chi connectivity index (χ0n) is 15.0. The van der Waals surface area contributed by atoms with Gasteiger partial charge in [0.2, 0.25) is 5.91 Å². The number of ketones is 1. The van der Waals surface area contributed by atoms with Gasteiger partial charge in [0.15, 0.2) is 5.78 Å². The molecule has 3 rings (SSSR count). The second kappa shape index (κ2) is 9.51. The third-order valence-corrected chi connectivity index (χ3v) is 4.60. The van der Waals surface area contributed by atoms with Gasteiger partial charge >= 0.3 is 0 Å². The summed E-state index contributed by atoms with van der Waals surface area (Å²) in [4.78, 5) is 26.5. The lowest BCUT2D eigenvalue weighted by molar-refractivity contribution is -0.132. The topological polar surface area (TPSA) is 49.4 Å². The Labute approximate surface area is 161 Å². The molecule has 4 nitrogen and oxygen atoms in total. The molecule has 1 amide bonds. The molecule has 1 heterocycles. The molecule has 0 spiro atoms. The highest BCUT2D eigenvalue weighted by Crippen LogP contribution is 2.20. The lowest BCUT2D eigenvalue weighted by Gasteiger charge is -2.31. The van der Waals surface area contributed by atoms with E-state index in [0.29, 0.717) is 11.6 Å². The summed E-state index contributed by atoms with van der Waals surface area (Å²) in [5, 5.41) is 3.32. The normalized spacial score (nSPS) is 16.7. The fraction of sp³-hybridized carbons (Fsp3) is 0.333. The van der Waals surface area contributed by atoms with Crippen LogP contribution in [0.3, 0.4) is 0 Å². The summed E-state index contributed by atoms with van der Waals surface area (Å²) < 4.78 is 0. The summed E-state index contributed by atoms with van der Waals surface area (Å²) in [5.74, 6) is 0.0961. The largest absolute Gasteiger partial charge is 0.340 e. The molecule has 0 radical (unpaired) electrons. The number of carbonyl (C=O) groups excluding carboxylic acids is 2. The summed E-state index contributed by atoms with van der Waals surface area (Å²) in [6.07, 6.45) is 0.549. The van der Waals surface area contributed by atoms with Crippen LogP contribution in [0.2, 0.25) is 0 Å². The van der Waals surface area contributed by atoms with Crippen molar-refractivity contribution in [2.75, 3.05) is 19.6 Å². The van der Waals surface area contributed by atoms with E-state index in [-0.39, 0.29) is 36.9 Å². The summed E-state index contributed by atoms with van der Waals surface area (Å²) in [6, 6.07) is 18.0. The number of hydrogen-bond acceptors (Lipinski definition) is 3. The molecule has 5 heteroatoms. The van der Waals surface area contributed by atoms with Crippen molar-refractivity contribution < 1.29 is 9.59 Å². The first-order chi connectivity index (χ1) is 12.1. The maximum Gasteiger partial charge on any atom is 0.223 e. The minimum Gasteiger partial charge on any atom is -0.340 e. The van der Waals surface area contributed by atoms with E-state index in [1.54, 1.807) is 0 Å². The van der Waals surface area contributed by atoms with Crippen LogP contribution < -0.4 is 5.32 Å². The van der Waals surface area contributed by atoms with Crippen LogP contribution in [-0.2, 0) is 4.79 Å². The monoisotopic (exact) mass is 372 g/mol. The maximum absolute atomic E-state index is 12.4. The highest BCUT2D eigenvalue weighted by Gasteiger charge is 2.21. The van der Waals surface area contributed by atoms with Crippen LogP contribution in [0.4, 0.5) is 0 Å². The van der Waals surface area contributed by atoms with Crippen molar-refractivity contribution in [1.82, 2.24) is 10.2 Å². The quantitative estimate of drug-likeness (QED) is 0.816. The van der Waals surface area contributed by atoms with Crippen LogP contribution in [0, 0.1) is 0 Å². The molecule has 138 valence electrons. The lowest BCUT2D eigenvalue weighted by Crippen LogP contribution is -2.51. The third-order valence-electron chi connectivity index (χ3n) is 4.60. The van der Waals surface area contributed by atoms with Gasteiger partial charge in [-0.05, 0) is 18.1 Å². The molecule has 1 aliphatic heterocycles. The van der Waals surface area contributed by atoms with Gasteiger partial charge in [-0.3, -0.25) is 9.59 Å². The summed E-state index contributed by atoms with van der Waals surface area (Å²) in [6.45, 7) is 4.34. The van der Waals surface area contributed by atoms with E-state index in [4.69, 9.17) is 0 Å². The molecule has 0 aliphatic carbocycles. The molecule has 0 bridgehead atoms. The highest BCUT2D eigenvalue weighted by molar-refractivity contribution is 5.98. The minimum atomic E-state index is 0. The number of benzene rings is 2. The number of nitrogens with zero attached hydrogens (tertiary/aromatic N) is 1. The number of rotatable bonds is 5. The van der Waals surface area contributed by atoms with Crippen LogP contribution >= 0.6 is 12.4 Å². The van der Waals surface area contributed by atoms with Crippen molar-refractivity contribution in [2.45, 2.75) is 25.8 Å². The van der Waals surface area contributed by atoms with Crippen molar-refractivity contribution in [3.8, 4) is 11.1 Å². The summed E-state index contributed by atoms with van der Waals surface area (Å²) >= 11 is 0. The number of hydrogen-bond donors (Lipinski definition) is 1. The van der Waals surface area contributed by atoms with E-state index in [1.165, 1.54) is 0 Å². The molecule has 2 aromatic carbocycles. The van der Waals surface area contributed by atoms with E-state index in [1.807, 2.05) is 59.5 Å². The van der Waals surface area contributed by atoms with Gasteiger partial charge in [-0.15, -0.1) is 12.4 Å². The Hall–Kier alpha value is -2.17. The second-order valence-electron chi connectivity index (χ2n) is 6.56. The third kappa shape index (κ3) is 5.16. The standard InChI is InChI=1S/C21H24N2O2.ClH/c1-16-15-23(14-13-22-16)21(25)12-11-20(24)19-9-7-18(8-10-19)17-5-3-2-4-6-17;/h2-10,16,22H,11-15H2,1H3;1H. The second-order valence-corrected chi connectivity index (χ2v) is 6.56. The average Bonchev–Trinajstić information content (AvgIpc) is 2.66. The maximum atomic E-state index is 12.4. The number of piperazine rings is 1. The smallest absolute Gasteiger partial charge is 0.223 e. The first kappa shape index (κ1) is 20.1. The Balaban J connectivity index is 0.00000243. The molecular weight excluding hydrogens is 348 g/mol. The molecule has 2 aromatic rings. The number of halogens is 1. The lowest BCUT2D eigenvalue weighted by atomic mass is 10.0. The molecule has 1 aliphatic rings. The number of amides is 1. The first-order valence-electron chi connectivity index (χ1n) is 8.83. The minimum absolute atomic E-state index is 0. The van der Waals surface area contributed by atoms with Gasteiger partial charge in [0.25, 0.3) is 0 Å². The Morgan fingerprint density at radius 1 is 1.00 bits per heavy atom. The van der Waals surface area contributed by atoms with Crippen molar-refractivity contribution in [3.63, 3.8) is 0 Å². The van der Waals surface area contributed by atoms with E-state index in [9.17, 15) is 9.59 Å². The molecule has 1 unspecified atom stereocenters. The van der Waals surface area contributed by atoms with Crippen molar-refractivity contribution in [2.24, 2.45) is 0 Å². The van der Waals surface area contributed by atoms with Crippen LogP contribution in [0.15, 0.2) is 54.6 Å². The predicted octanol–water partition coefficient (Wildman–Crippen LogP) is 3.56. The fourth-order valence-electron chi connectivity index (χ4n) is 3.16. The molecule has 0 aromatic heterocycles. The Kier molecular flexibility index (Phi) is 7.37. The Morgan fingerprint density at radius 2 is 1.65 bits per heavy atom. The van der Waals surface area contributed by atoms with Crippen LogP contribution in [0.5, 0.6) is 0 Å². The van der Waals surface area contributed by atoms with E-state index in [2.05, 4.69) is 12.2 Å². The van der Waals surface area contributed by atoms with Gasteiger partial charge in [0, 0.05) is 44.1 Å². The summed E-state index contributed by atoms with van der Waals surface area (Å²) in [5.41, 5.74) is 2.88. The van der Waals surface area contributed by atoms with E-state index < -0.39 is 0 Å². The van der Waals surface area contributed by atoms with Crippen LogP contribution in [0.1, 0.15) is 30.1 Å². The van der Waals surface area contributed by atoms with Gasteiger partial charge in [-0.25, -0.2) is 0 Å². The van der Waals surface area contributed by atoms with Crippen molar-refractivity contribution in [1.29, 1.82) is 0 Å². The highest BCUT2D eigenvalue weighted by atomic mass is 35.5. The zero-order chi connectivity index (χ0) is 17.6. The number of Topliss-reactive ketones (excluding diaryl/α,β-unsaturated/α-hetero) is 1. The molecule has 1 atom stereocenters. The van der Waals surface area contributed by atoms with Gasteiger partial charge in [-0.2, -0.15) is 0 Å². The van der Waals surface area contributed by atoms with Crippen LogP contribution in [0.25, 0.3) is 11.1 Å². The van der Waals surface area contributed by atoms with Gasteiger partial charge in [-0.1, -0.05) is 54.6 Å². The van der Waals surface area contributed by atoms with E-state index >= 15 is 0 Å². The fourth-order valence-corrected chi connectivity index (χ4v) is 3.16.